The van der Waals surface area contributed by atoms with E-state index in [0.717, 1.165) is 0 Å². The van der Waals surface area contributed by atoms with Gasteiger partial charge in [0.15, 0.2) is 0 Å². The maximum Gasteiger partial charge on any atom is 3.00 e. The van der Waals surface area contributed by atoms with Gasteiger partial charge in [0.25, 0.3) is 0 Å². The fourth-order valence-electron chi connectivity index (χ4n) is 0. The van der Waals surface area contributed by atoms with Gasteiger partial charge in [-0.15, -0.1) is 0 Å². The van der Waals surface area contributed by atoms with E-state index < -0.39 is 0 Å². The molecule has 18 valence electrons. The summed E-state index contributed by atoms with van der Waals surface area (Å²) in [6.45, 7) is 0. The summed E-state index contributed by atoms with van der Waals surface area (Å²) >= 11 is 0. The van der Waals surface area contributed by atoms with Gasteiger partial charge >= 0.3 is 50.3 Å². The maximum absolute atomic E-state index is 0. The van der Waals surface area contributed by atoms with E-state index in [2.05, 4.69) is 0 Å². The molecule has 0 rings (SSSR count). The molecule has 0 aromatic heterocycles. The minimum atomic E-state index is 0. The Hall–Kier alpha value is 1.61. The van der Waals surface area contributed by atoms with Crippen molar-refractivity contribution in [3.05, 3.63) is 12.3 Å². The van der Waals surface area contributed by atoms with Gasteiger partial charge < -0.3 is 12.3 Å². The molecule has 2 nitrogen and oxygen atoms in total. The summed E-state index contributed by atoms with van der Waals surface area (Å²) in [4.78, 5) is 0. The summed E-state index contributed by atoms with van der Waals surface area (Å²) in [5, 5.41) is 0. The summed E-state index contributed by atoms with van der Waals surface area (Å²) in [6, 6.07) is 0. The first-order chi connectivity index (χ1) is 0. The van der Waals surface area contributed by atoms with Crippen molar-refractivity contribution >= 4 is 50.3 Å². The van der Waals surface area contributed by atoms with Crippen molar-refractivity contribution in [3.63, 3.8) is 0 Å². The second kappa shape index (κ2) is 23.2. The van der Waals surface area contributed by atoms with Crippen LogP contribution >= 0.6 is 0 Å². The fourth-order valence-corrected chi connectivity index (χ4v) is 0. The van der Waals surface area contributed by atoms with E-state index in [9.17, 15) is 0 Å². The normalized spacial score (nSPS) is 0. The predicted octanol–water partition coefficient (Wildman–Crippen LogP) is -0.184. The molecule has 0 saturated carbocycles. The summed E-state index contributed by atoms with van der Waals surface area (Å²) in [5.74, 6) is 0. The van der Waals surface area contributed by atoms with Gasteiger partial charge in [-0.05, 0) is 0 Å². The monoisotopic (exact) mass is 264 g/mol. The standard InChI is InChI=1S/In.2N.Sb/q+3;2*-3;+3. The molecule has 0 aliphatic rings. The van der Waals surface area contributed by atoms with E-state index in [1.54, 1.807) is 0 Å². The van der Waals surface area contributed by atoms with E-state index in [4.69, 9.17) is 0 Å². The van der Waals surface area contributed by atoms with Crippen LogP contribution < -0.4 is 0 Å². The molecule has 0 fully saturated rings. The number of hydrogen-bond donors (Lipinski definition) is 0. The van der Waals surface area contributed by atoms with Crippen LogP contribution in [-0.4, -0.2) is 50.3 Å². The summed E-state index contributed by atoms with van der Waals surface area (Å²) in [7, 11) is 0. The van der Waals surface area contributed by atoms with Crippen LogP contribution in [0.3, 0.4) is 0 Å². The molecule has 0 unspecified atom stereocenters. The van der Waals surface area contributed by atoms with Crippen LogP contribution in [-0.2, 0) is 0 Å². The molecule has 0 aliphatic heterocycles. The Morgan fingerprint density at radius 1 is 0.750 bits per heavy atom. The van der Waals surface area contributed by atoms with Crippen molar-refractivity contribution in [2.45, 2.75) is 0 Å². The van der Waals surface area contributed by atoms with Crippen molar-refractivity contribution in [1.29, 1.82) is 0 Å². The molecule has 0 amide bonds. The van der Waals surface area contributed by atoms with Crippen LogP contribution in [0.15, 0.2) is 0 Å². The Kier molecular flexibility index (Phi) is 267. The minimum absolute atomic E-state index is 0. The Morgan fingerprint density at radius 2 is 0.750 bits per heavy atom. The predicted molar refractivity (Wildman–Crippen MR) is 18.2 cm³/mol. The zero-order valence-electron chi connectivity index (χ0n) is 1.92. The molecule has 2 radical (unpaired) electrons. The summed E-state index contributed by atoms with van der Waals surface area (Å²) < 4.78 is 0. The topological polar surface area (TPSA) is 61.0 Å². The number of rotatable bonds is 0. The second-order valence-electron chi connectivity index (χ2n) is 0. The van der Waals surface area contributed by atoms with Crippen molar-refractivity contribution in [2.75, 3.05) is 0 Å². The molecule has 0 saturated heterocycles. The molecule has 0 aromatic rings. The van der Waals surface area contributed by atoms with Crippen LogP contribution in [0.1, 0.15) is 0 Å². The maximum atomic E-state index is 0. The molecular formula is InN2Sb. The summed E-state index contributed by atoms with van der Waals surface area (Å²) in [6.07, 6.45) is 0. The first kappa shape index (κ1) is 46.0. The number of nitrogens with zero attached hydrogens (tertiary/aromatic N) is 2. The molecule has 0 atom stereocenters. The van der Waals surface area contributed by atoms with Gasteiger partial charge in [0.05, 0.1) is 0 Å². The van der Waals surface area contributed by atoms with E-state index >= 15 is 0 Å². The van der Waals surface area contributed by atoms with Crippen LogP contribution in [0.5, 0.6) is 0 Å². The van der Waals surface area contributed by atoms with Gasteiger partial charge in [-0.1, -0.05) is 0 Å². The average molecular weight is 265 g/mol. The van der Waals surface area contributed by atoms with E-state index in [1.165, 1.54) is 0 Å². The molecule has 0 N–H and O–H groups in total. The van der Waals surface area contributed by atoms with Gasteiger partial charge in [0.2, 0.25) is 0 Å². The molecule has 0 heterocycles. The Labute approximate surface area is 62.1 Å². The smallest absolute Gasteiger partial charge is 3.00 e. The van der Waals surface area contributed by atoms with Crippen molar-refractivity contribution in [3.8, 4) is 0 Å². The molecule has 4 heteroatoms. The zero-order valence-corrected chi connectivity index (χ0v) is 7.77. The van der Waals surface area contributed by atoms with Crippen LogP contribution in [0.4, 0.5) is 0 Å². The van der Waals surface area contributed by atoms with Gasteiger partial charge in [0, 0.05) is 0 Å². The van der Waals surface area contributed by atoms with E-state index in [-0.39, 0.29) is 62.6 Å². The molecule has 0 aromatic carbocycles. The van der Waals surface area contributed by atoms with E-state index in [1.807, 2.05) is 0 Å². The third-order valence-corrected chi connectivity index (χ3v) is 0. The molecule has 0 bridgehead atoms. The fraction of sp³-hybridized carbons (Fsp3) is 0. The third kappa shape index (κ3) is 9.49. The van der Waals surface area contributed by atoms with Gasteiger partial charge in [0.1, 0.15) is 0 Å². The van der Waals surface area contributed by atoms with Crippen molar-refractivity contribution in [1.82, 2.24) is 0 Å². The average Bonchev–Trinajstić information content (AvgIpc) is 0. The second-order valence-corrected chi connectivity index (χ2v) is 0. The van der Waals surface area contributed by atoms with Gasteiger partial charge in [-0.2, -0.15) is 0 Å². The quantitative estimate of drug-likeness (QED) is 0.545. The number of hydrogen-bond acceptors (Lipinski definition) is 0. The van der Waals surface area contributed by atoms with Gasteiger partial charge in [-0.25, -0.2) is 0 Å². The molecule has 0 spiro atoms. The largest absolute Gasteiger partial charge is 3.00 e. The van der Waals surface area contributed by atoms with Crippen LogP contribution in [0.2, 0.25) is 0 Å². The first-order valence-electron chi connectivity index (χ1n) is 0. The van der Waals surface area contributed by atoms with Gasteiger partial charge in [-0.3, -0.25) is 0 Å². The zero-order chi connectivity index (χ0) is 0. The SMILES string of the molecule is [In+3].[N-3].[N-3].[Sb+3]. The Balaban J connectivity index is 0. The van der Waals surface area contributed by atoms with Crippen LogP contribution in [0, 0.1) is 0 Å². The Bertz CT molecular complexity index is 6.00. The third-order valence-electron chi connectivity index (χ3n) is 0. The molecule has 0 aliphatic carbocycles. The van der Waals surface area contributed by atoms with Crippen molar-refractivity contribution in [2.24, 2.45) is 0 Å². The molecule has 4 heavy (non-hydrogen) atoms. The Morgan fingerprint density at radius 3 is 0.750 bits per heavy atom. The molecular weight excluding hydrogens is 265 g/mol. The van der Waals surface area contributed by atoms with Crippen LogP contribution in [0.25, 0.3) is 12.3 Å². The summed E-state index contributed by atoms with van der Waals surface area (Å²) in [5.41, 5.74) is 0. The van der Waals surface area contributed by atoms with Crippen molar-refractivity contribution < 1.29 is 0 Å². The minimum Gasteiger partial charge on any atom is -3.00 e. The first-order valence-corrected chi connectivity index (χ1v) is 0. The van der Waals surface area contributed by atoms with E-state index in [0.29, 0.717) is 0 Å².